The van der Waals surface area contributed by atoms with Crippen molar-refractivity contribution in [3.63, 3.8) is 0 Å². The van der Waals surface area contributed by atoms with Gasteiger partial charge in [-0.3, -0.25) is 0 Å². The Bertz CT molecular complexity index is 1730. The van der Waals surface area contributed by atoms with E-state index < -0.39 is 25.5 Å². The fraction of sp³-hybridized carbons (Fsp3) is 0.357. The van der Waals surface area contributed by atoms with Crippen molar-refractivity contribution < 1.29 is 21.3 Å². The van der Waals surface area contributed by atoms with Gasteiger partial charge in [-0.25, -0.2) is 0 Å². The fourth-order valence-corrected chi connectivity index (χ4v) is 3.99. The van der Waals surface area contributed by atoms with Gasteiger partial charge in [0.25, 0.3) is 0 Å². The van der Waals surface area contributed by atoms with E-state index in [1.807, 2.05) is 0 Å². The van der Waals surface area contributed by atoms with Crippen molar-refractivity contribution in [1.82, 2.24) is 0 Å². The summed E-state index contributed by atoms with van der Waals surface area (Å²) in [6.07, 6.45) is -2.23. The lowest BCUT2D eigenvalue weighted by Gasteiger charge is -2.21. The third-order valence-electron chi connectivity index (χ3n) is 5.52. The summed E-state index contributed by atoms with van der Waals surface area (Å²) >= 11 is 0. The summed E-state index contributed by atoms with van der Waals surface area (Å²) in [4.78, 5) is 0. The van der Waals surface area contributed by atoms with Crippen LogP contribution in [0.25, 0.3) is 33.2 Å². The molecule has 31 heavy (non-hydrogen) atoms. The smallest absolute Gasteiger partial charge is 0.216 e. The second kappa shape index (κ2) is 7.24. The number of rotatable bonds is 2. The molecule has 3 nitrogen and oxygen atoms in total. The molecule has 0 spiro atoms. The highest BCUT2D eigenvalue weighted by atomic mass is 16.3. The first-order valence-corrected chi connectivity index (χ1v) is 10.1. The molecule has 0 bridgehead atoms. The summed E-state index contributed by atoms with van der Waals surface area (Å²) in [6, 6.07) is 8.09. The van der Waals surface area contributed by atoms with Gasteiger partial charge in [-0.05, 0) is 61.2 Å². The predicted molar refractivity (Wildman–Crippen MR) is 127 cm³/mol. The van der Waals surface area contributed by atoms with Crippen LogP contribution in [0.4, 0.5) is 0 Å². The van der Waals surface area contributed by atoms with Crippen molar-refractivity contribution in [3.8, 4) is 17.3 Å². The zero-order valence-electron chi connectivity index (χ0n) is 27.6. The van der Waals surface area contributed by atoms with Crippen molar-refractivity contribution in [2.45, 2.75) is 54.7 Å². The molecule has 0 aliphatic heterocycles. The molecule has 0 aliphatic rings. The summed E-state index contributed by atoms with van der Waals surface area (Å²) in [5.74, 6) is 0. The van der Waals surface area contributed by atoms with E-state index in [0.29, 0.717) is 22.1 Å². The van der Waals surface area contributed by atoms with E-state index in [2.05, 4.69) is 6.07 Å². The minimum absolute atomic E-state index is 0.0135. The van der Waals surface area contributed by atoms with Gasteiger partial charge in [-0.1, -0.05) is 32.9 Å². The van der Waals surface area contributed by atoms with Crippen LogP contribution in [0.15, 0.2) is 34.7 Å². The summed E-state index contributed by atoms with van der Waals surface area (Å²) in [6.45, 7) is 2.93. The van der Waals surface area contributed by atoms with Crippen LogP contribution < -0.4 is 4.57 Å². The molecule has 0 saturated carbocycles. The number of nitriles is 1. The van der Waals surface area contributed by atoms with Gasteiger partial charge < -0.3 is 4.42 Å². The van der Waals surface area contributed by atoms with Gasteiger partial charge in [0.1, 0.15) is 18.2 Å². The predicted octanol–water partition coefficient (Wildman–Crippen LogP) is 6.77. The lowest BCUT2D eigenvalue weighted by molar-refractivity contribution is -0.667. The van der Waals surface area contributed by atoms with E-state index in [9.17, 15) is 6.63 Å². The molecule has 2 aromatic heterocycles. The Morgan fingerprint density at radius 3 is 2.61 bits per heavy atom. The third kappa shape index (κ3) is 3.41. The Kier molecular flexibility index (Phi) is 2.96. The van der Waals surface area contributed by atoms with Crippen molar-refractivity contribution in [2.75, 3.05) is 0 Å². The molecule has 0 radical (unpaired) electrons. The highest BCUT2D eigenvalue weighted by molar-refractivity contribution is 6.13. The van der Waals surface area contributed by atoms with E-state index in [4.69, 9.17) is 15.4 Å². The van der Waals surface area contributed by atoms with Crippen LogP contribution in [-0.4, -0.2) is 0 Å². The van der Waals surface area contributed by atoms with E-state index in [1.165, 1.54) is 10.6 Å². The number of hydrogen-bond donors (Lipinski definition) is 0. The van der Waals surface area contributed by atoms with Crippen LogP contribution in [-0.2, 0) is 13.4 Å². The molecular formula is C28H31N2O+. The van der Waals surface area contributed by atoms with Gasteiger partial charge in [0.05, 0.1) is 18.6 Å². The van der Waals surface area contributed by atoms with Gasteiger partial charge in [0, 0.05) is 40.3 Å². The van der Waals surface area contributed by atoms with E-state index in [1.54, 1.807) is 59.9 Å². The first-order chi connectivity index (χ1) is 18.2. The molecule has 2 heterocycles. The van der Waals surface area contributed by atoms with Crippen LogP contribution in [0, 0.1) is 44.3 Å². The average molecular weight is 421 g/mol. The van der Waals surface area contributed by atoms with Gasteiger partial charge in [0.2, 0.25) is 5.69 Å². The molecule has 0 aliphatic carbocycles. The van der Waals surface area contributed by atoms with Crippen LogP contribution in [0.1, 0.15) is 66.6 Å². The molecule has 3 heteroatoms. The number of benzene rings is 2. The first-order valence-electron chi connectivity index (χ1n) is 14.6. The third-order valence-corrected chi connectivity index (χ3v) is 5.52. The van der Waals surface area contributed by atoms with E-state index >= 15 is 0 Å². The van der Waals surface area contributed by atoms with Crippen molar-refractivity contribution in [1.29, 1.82) is 5.26 Å². The molecular weight excluding hydrogens is 380 g/mol. The van der Waals surface area contributed by atoms with Gasteiger partial charge in [-0.15, -0.1) is 0 Å². The van der Waals surface area contributed by atoms with Crippen LogP contribution >= 0.6 is 0 Å². The van der Waals surface area contributed by atoms with E-state index in [0.717, 1.165) is 0 Å². The van der Waals surface area contributed by atoms with Crippen LogP contribution in [0.3, 0.4) is 0 Å². The molecule has 0 saturated heterocycles. The van der Waals surface area contributed by atoms with Crippen molar-refractivity contribution >= 4 is 21.9 Å². The number of aromatic nitrogens is 1. The second-order valence-electron chi connectivity index (χ2n) is 8.96. The van der Waals surface area contributed by atoms with Gasteiger partial charge in [-0.2, -0.15) is 9.83 Å². The average Bonchev–Trinajstić information content (AvgIpc) is 3.19. The number of pyridine rings is 1. The first kappa shape index (κ1) is 12.7. The number of hydrogen-bond acceptors (Lipinski definition) is 2. The van der Waals surface area contributed by atoms with Crippen LogP contribution in [0.2, 0.25) is 0 Å². The lowest BCUT2D eigenvalue weighted by Crippen LogP contribution is -2.36. The van der Waals surface area contributed by atoms with Crippen molar-refractivity contribution in [2.24, 2.45) is 12.5 Å². The van der Waals surface area contributed by atoms with Crippen molar-refractivity contribution in [3.05, 3.63) is 63.8 Å². The summed E-state index contributed by atoms with van der Waals surface area (Å²) < 4.78 is 84.6. The number of nitrogens with zero attached hydrogens (tertiary/aromatic N) is 2. The molecule has 0 N–H and O–H groups in total. The molecule has 158 valence electrons. The molecule has 4 aromatic rings. The Morgan fingerprint density at radius 1 is 1.19 bits per heavy atom. The Hall–Kier alpha value is -3.12. The molecule has 0 atom stereocenters. The monoisotopic (exact) mass is 420 g/mol. The molecule has 2 aromatic carbocycles. The Balaban J connectivity index is 2.34. The highest BCUT2D eigenvalue weighted by Crippen LogP contribution is 2.41. The lowest BCUT2D eigenvalue weighted by atomic mass is 9.85. The minimum Gasteiger partial charge on any atom is -0.455 e. The Labute approximate surface area is 197 Å². The van der Waals surface area contributed by atoms with Crippen LogP contribution in [0.5, 0.6) is 0 Å². The van der Waals surface area contributed by atoms with E-state index in [-0.39, 0.29) is 50.7 Å². The maximum Gasteiger partial charge on any atom is 0.216 e. The normalized spacial score (nSPS) is 17.5. The summed E-state index contributed by atoms with van der Waals surface area (Å²) in [7, 11) is 1.60. The largest absolute Gasteiger partial charge is 0.455 e. The molecule has 0 unspecified atom stereocenters. The highest BCUT2D eigenvalue weighted by Gasteiger charge is 2.27. The second-order valence-corrected chi connectivity index (χ2v) is 8.96. The fourth-order valence-electron chi connectivity index (χ4n) is 3.99. The molecule has 0 amide bonds. The standard InChI is InChI=1S/C28H31N2O/c1-16-12-17(2)25-26-20(15-29)10-9-11-23(26)31-27(25)24(16)22-13-21(14-28(5,6)7)18(3)19(4)30(22)8/h9-13H,14H2,1-8H3/q+1/i2D3,3D3,13D,14D2. The minimum atomic E-state index is -2.71. The maximum atomic E-state index is 9.82. The number of fused-ring (bicyclic) bond motifs is 3. The van der Waals surface area contributed by atoms with Gasteiger partial charge in [0.15, 0.2) is 5.69 Å². The topological polar surface area (TPSA) is 40.8 Å². The summed E-state index contributed by atoms with van der Waals surface area (Å²) in [5, 5.41) is 10.4. The molecule has 4 rings (SSSR count). The quantitative estimate of drug-likeness (QED) is 0.336. The summed E-state index contributed by atoms with van der Waals surface area (Å²) in [5.41, 5.74) is 0.318. The number of furan rings is 1. The SMILES string of the molecule is [2H]c1c(C([2H])([2H])C(C)(C)C)c(C([2H])([2H])[2H])c(C)[n+](C)c1-c1c(C)cc(C([2H])([2H])[2H])c2c1oc1cccc(C#N)c12. The zero-order chi connectivity index (χ0) is 30.3. The zero-order valence-corrected chi connectivity index (χ0v) is 18.6. The molecule has 0 fully saturated rings. The Morgan fingerprint density at radius 2 is 1.97 bits per heavy atom. The maximum absolute atomic E-state index is 9.82. The number of aryl methyl sites for hydroxylation is 2. The van der Waals surface area contributed by atoms with Gasteiger partial charge >= 0.3 is 0 Å².